The van der Waals surface area contributed by atoms with Crippen molar-refractivity contribution in [2.75, 3.05) is 102 Å². The van der Waals surface area contributed by atoms with Gasteiger partial charge in [0.2, 0.25) is 0 Å². The summed E-state index contributed by atoms with van der Waals surface area (Å²) >= 11 is 0. The standard InChI is InChI=1S/C24H31N5O6.C15H16O5.C11H24O4.2C10H10O2/c1-25(12-16-27-8-2-5-19(30)22(27)33)11-13-26(14-17-28-9-3-6-20(31)23(28)34)15-18-29-10-4-7-21(32)24(29)35;1-9(16)4-14(18)11-6-12(8-13(7-11)20-3)15(19)5-10(2)17;1-12-7-5-11(9-14-3,10-15-4)6-8-13-2;2*1-8(11)7-10(12)9-5-3-2-4-6-9/h2-10,30-32H,11-18H2,1H3;6-8H,4-5H2,1-3H3;5-10H2,1-4H3;2*2-6H,7H2,1H3. The Morgan fingerprint density at radius 1 is 0.415 bits per heavy atom. The third-order valence-electron chi connectivity index (χ3n) is 14.0. The molecular formula is C70H91N5O19. The van der Waals surface area contributed by atoms with E-state index >= 15 is 0 Å². The molecular weight excluding hydrogens is 1210 g/mol. The average Bonchev–Trinajstić information content (AvgIpc) is 1.30. The van der Waals surface area contributed by atoms with E-state index in [2.05, 4.69) is 4.90 Å². The molecule has 0 aliphatic heterocycles. The molecule has 510 valence electrons. The van der Waals surface area contributed by atoms with Crippen LogP contribution >= 0.6 is 0 Å². The normalized spacial score (nSPS) is 10.7. The first-order valence-electron chi connectivity index (χ1n) is 30.2. The molecule has 0 amide bonds. The summed E-state index contributed by atoms with van der Waals surface area (Å²) in [5.41, 5.74) is 0.305. The topological polar surface area (TPSA) is 316 Å². The highest BCUT2D eigenvalue weighted by molar-refractivity contribution is 6.11. The maximum absolute atomic E-state index is 12.1. The number of rotatable bonds is 35. The molecule has 3 heterocycles. The van der Waals surface area contributed by atoms with Gasteiger partial charge in [0.25, 0.3) is 16.7 Å². The summed E-state index contributed by atoms with van der Waals surface area (Å²) in [6, 6.07) is 30.9. The molecule has 3 aromatic heterocycles. The Labute approximate surface area is 548 Å². The van der Waals surface area contributed by atoms with Gasteiger partial charge in [-0.1, -0.05) is 60.7 Å². The van der Waals surface area contributed by atoms with Gasteiger partial charge in [0.15, 0.2) is 40.4 Å². The molecule has 0 radical (unpaired) electrons. The highest BCUT2D eigenvalue weighted by Crippen LogP contribution is 2.28. The Kier molecular flexibility index (Phi) is 38.2. The van der Waals surface area contributed by atoms with Gasteiger partial charge in [-0.3, -0.25) is 57.6 Å². The van der Waals surface area contributed by atoms with Crippen molar-refractivity contribution in [1.29, 1.82) is 0 Å². The number of hydrogen-bond donors (Lipinski definition) is 3. The summed E-state index contributed by atoms with van der Waals surface area (Å²) in [7, 11) is 10.2. The highest BCUT2D eigenvalue weighted by atomic mass is 16.5. The zero-order chi connectivity index (χ0) is 70.2. The quantitative estimate of drug-likeness (QED) is 0.0267. The Hall–Kier alpha value is -9.17. The molecule has 0 bridgehead atoms. The number of methoxy groups -OCH3 is 5. The lowest BCUT2D eigenvalue weighted by Gasteiger charge is -2.32. The average molecular weight is 1310 g/mol. The van der Waals surface area contributed by atoms with Gasteiger partial charge in [0, 0.05) is 140 Å². The van der Waals surface area contributed by atoms with Crippen LogP contribution in [0.5, 0.6) is 23.0 Å². The molecule has 3 N–H and O–H groups in total. The number of benzene rings is 3. The fourth-order valence-corrected chi connectivity index (χ4v) is 8.94. The fraction of sp³-hybridized carbons (Fsp3) is 0.414. The van der Waals surface area contributed by atoms with Crippen LogP contribution in [0.2, 0.25) is 0 Å². The van der Waals surface area contributed by atoms with Crippen LogP contribution in [-0.2, 0) is 57.8 Å². The molecule has 94 heavy (non-hydrogen) atoms. The van der Waals surface area contributed by atoms with Crippen molar-refractivity contribution in [3.63, 3.8) is 0 Å². The monoisotopic (exact) mass is 1310 g/mol. The minimum absolute atomic E-state index is 0.00398. The number of aromatic nitrogens is 3. The molecule has 0 unspecified atom stereocenters. The molecule has 3 aromatic carbocycles. The van der Waals surface area contributed by atoms with Crippen LogP contribution in [0, 0.1) is 5.41 Å². The van der Waals surface area contributed by atoms with Crippen LogP contribution < -0.4 is 21.4 Å². The molecule has 0 aliphatic carbocycles. The van der Waals surface area contributed by atoms with Crippen molar-refractivity contribution in [2.45, 2.75) is 85.9 Å². The van der Waals surface area contributed by atoms with Crippen LogP contribution in [-0.4, -0.2) is 187 Å². The van der Waals surface area contributed by atoms with Crippen molar-refractivity contribution in [3.8, 4) is 23.0 Å². The number of hydrogen-bond acceptors (Lipinski definition) is 21. The second kappa shape index (κ2) is 44.4. The molecule has 0 atom stereocenters. The van der Waals surface area contributed by atoms with Crippen molar-refractivity contribution < 1.29 is 77.4 Å². The lowest BCUT2D eigenvalue weighted by Crippen LogP contribution is -2.40. The second-order valence-corrected chi connectivity index (χ2v) is 22.1. The van der Waals surface area contributed by atoms with E-state index in [1.54, 1.807) is 114 Å². The number of pyridine rings is 3. The van der Waals surface area contributed by atoms with E-state index in [1.807, 2.05) is 24.1 Å². The smallest absolute Gasteiger partial charge is 0.292 e. The molecule has 0 saturated heterocycles. The number of aromatic hydroxyl groups is 3. The van der Waals surface area contributed by atoms with Crippen LogP contribution in [0.3, 0.4) is 0 Å². The molecule has 0 saturated carbocycles. The van der Waals surface area contributed by atoms with Gasteiger partial charge in [0.1, 0.15) is 28.9 Å². The summed E-state index contributed by atoms with van der Waals surface area (Å²) in [5.74, 6) is -2.25. The maximum atomic E-state index is 12.1. The first-order chi connectivity index (χ1) is 44.7. The van der Waals surface area contributed by atoms with Crippen LogP contribution in [0.4, 0.5) is 0 Å². The third kappa shape index (κ3) is 31.4. The maximum Gasteiger partial charge on any atom is 0.292 e. The first kappa shape index (κ1) is 80.9. The molecule has 6 rings (SSSR count). The Balaban J connectivity index is 0.000000433. The van der Waals surface area contributed by atoms with Gasteiger partial charge in [-0.15, -0.1) is 0 Å². The minimum Gasteiger partial charge on any atom is -0.503 e. The number of nitrogens with zero attached hydrogens (tertiary/aromatic N) is 5. The molecule has 24 heteroatoms. The Morgan fingerprint density at radius 3 is 1.05 bits per heavy atom. The molecule has 0 aliphatic rings. The van der Waals surface area contributed by atoms with E-state index in [0.717, 1.165) is 26.1 Å². The lowest BCUT2D eigenvalue weighted by atomic mass is 9.83. The second-order valence-electron chi connectivity index (χ2n) is 22.1. The summed E-state index contributed by atoms with van der Waals surface area (Å²) in [6.45, 7) is 12.2. The summed E-state index contributed by atoms with van der Waals surface area (Å²) in [5, 5.41) is 29.0. The Bertz CT molecular complexity index is 3360. The van der Waals surface area contributed by atoms with E-state index in [1.165, 1.54) is 84.9 Å². The molecule has 0 fully saturated rings. The minimum atomic E-state index is -0.467. The van der Waals surface area contributed by atoms with Crippen molar-refractivity contribution in [3.05, 3.63) is 187 Å². The predicted octanol–water partition coefficient (Wildman–Crippen LogP) is 6.98. The SMILES string of the molecule is CC(=O)CC(=O)c1ccccc1.CC(=O)CC(=O)c1ccccc1.CN(CCN(CCn1cccc(O)c1=O)CCn1cccc(O)c1=O)CCn1cccc(O)c1=O.COCCC(CCOC)(COC)COC.COc1cc(C(=O)CC(C)=O)cc(C(=O)CC(C)=O)c1. The van der Waals surface area contributed by atoms with Gasteiger partial charge in [0.05, 0.1) is 46.0 Å². The summed E-state index contributed by atoms with van der Waals surface area (Å²) < 4.78 is 30.1. The number of ether oxygens (including phenoxy) is 5. The summed E-state index contributed by atoms with van der Waals surface area (Å²) in [6.07, 6.45) is 6.25. The lowest BCUT2D eigenvalue weighted by molar-refractivity contribution is -0.117. The predicted molar refractivity (Wildman–Crippen MR) is 355 cm³/mol. The van der Waals surface area contributed by atoms with Gasteiger partial charge >= 0.3 is 0 Å². The van der Waals surface area contributed by atoms with E-state index in [9.17, 15) is 68.1 Å². The molecule has 24 nitrogen and oxygen atoms in total. The van der Waals surface area contributed by atoms with Crippen LogP contribution in [0.25, 0.3) is 0 Å². The van der Waals surface area contributed by atoms with E-state index in [4.69, 9.17) is 23.7 Å². The number of ketones is 8. The number of carbonyl (C=O) groups excluding carboxylic acids is 8. The van der Waals surface area contributed by atoms with Gasteiger partial charge in [-0.25, -0.2) is 0 Å². The number of Topliss-reactive ketones (excluding diaryl/α,β-unsaturated/α-hetero) is 8. The van der Waals surface area contributed by atoms with Gasteiger partial charge < -0.3 is 57.6 Å². The van der Waals surface area contributed by atoms with E-state index in [0.29, 0.717) is 82.4 Å². The van der Waals surface area contributed by atoms with Crippen molar-refractivity contribution >= 4 is 46.3 Å². The largest absolute Gasteiger partial charge is 0.503 e. The zero-order valence-corrected chi connectivity index (χ0v) is 55.5. The molecule has 0 spiro atoms. The number of carbonyl (C=O) groups is 8. The van der Waals surface area contributed by atoms with Crippen LogP contribution in [0.1, 0.15) is 108 Å². The fourth-order valence-electron chi connectivity index (χ4n) is 8.94. The highest BCUT2D eigenvalue weighted by Gasteiger charge is 2.30. The van der Waals surface area contributed by atoms with Crippen molar-refractivity contribution in [1.82, 2.24) is 23.5 Å². The van der Waals surface area contributed by atoms with Gasteiger partial charge in [-0.2, -0.15) is 0 Å². The van der Waals surface area contributed by atoms with E-state index in [-0.39, 0.29) is 106 Å². The van der Waals surface area contributed by atoms with Crippen LogP contribution in [0.15, 0.2) is 148 Å². The third-order valence-corrected chi connectivity index (χ3v) is 14.0. The molecule has 6 aromatic rings. The van der Waals surface area contributed by atoms with Gasteiger partial charge in [-0.05, 0) is 102 Å². The Morgan fingerprint density at radius 2 is 0.745 bits per heavy atom. The zero-order valence-electron chi connectivity index (χ0n) is 55.5. The van der Waals surface area contributed by atoms with E-state index < -0.39 is 16.7 Å². The number of likely N-dealkylation sites (N-methyl/N-ethyl adjacent to an activating group) is 1. The van der Waals surface area contributed by atoms with Crippen molar-refractivity contribution in [2.24, 2.45) is 5.41 Å². The summed E-state index contributed by atoms with van der Waals surface area (Å²) in [4.78, 5) is 130. The first-order valence-corrected chi connectivity index (χ1v) is 30.2.